The van der Waals surface area contributed by atoms with Crippen LogP contribution in [0.2, 0.25) is 0 Å². The predicted octanol–water partition coefficient (Wildman–Crippen LogP) is 1.24. The summed E-state index contributed by atoms with van der Waals surface area (Å²) in [6.07, 6.45) is 4.80. The van der Waals surface area contributed by atoms with Crippen molar-refractivity contribution in [3.8, 4) is 0 Å². The van der Waals surface area contributed by atoms with E-state index in [1.54, 1.807) is 12.4 Å². The van der Waals surface area contributed by atoms with E-state index >= 15 is 0 Å². The highest BCUT2D eigenvalue weighted by molar-refractivity contribution is 5.28. The maximum atomic E-state index is 5.26. The van der Waals surface area contributed by atoms with Crippen molar-refractivity contribution in [2.24, 2.45) is 17.7 Å². The SMILES string of the molecule is CC1CC(C)CN(Cc2cnc(NN)cn2)C1. The Hall–Kier alpha value is -1.20. The highest BCUT2D eigenvalue weighted by Gasteiger charge is 2.21. The molecule has 3 N–H and O–H groups in total. The first-order valence-electron chi connectivity index (χ1n) is 6.17. The Balaban J connectivity index is 1.95. The molecule has 2 rings (SSSR count). The third-order valence-electron chi connectivity index (χ3n) is 3.18. The summed E-state index contributed by atoms with van der Waals surface area (Å²) >= 11 is 0. The molecule has 1 aliphatic heterocycles. The average Bonchev–Trinajstić information content (AvgIpc) is 2.28. The van der Waals surface area contributed by atoms with E-state index in [2.05, 4.69) is 34.1 Å². The van der Waals surface area contributed by atoms with Gasteiger partial charge in [0.2, 0.25) is 0 Å². The molecule has 0 aromatic carbocycles. The van der Waals surface area contributed by atoms with Crippen molar-refractivity contribution in [3.63, 3.8) is 0 Å². The topological polar surface area (TPSA) is 67.1 Å². The fraction of sp³-hybridized carbons (Fsp3) is 0.667. The van der Waals surface area contributed by atoms with Gasteiger partial charge in [-0.3, -0.25) is 9.88 Å². The number of nitrogen functional groups attached to an aromatic ring is 1. The lowest BCUT2D eigenvalue weighted by atomic mass is 9.92. The van der Waals surface area contributed by atoms with Crippen LogP contribution in [0.1, 0.15) is 26.0 Å². The minimum Gasteiger partial charge on any atom is -0.307 e. The molecule has 2 atom stereocenters. The normalized spacial score (nSPS) is 25.8. The summed E-state index contributed by atoms with van der Waals surface area (Å²) < 4.78 is 0. The van der Waals surface area contributed by atoms with Crippen molar-refractivity contribution < 1.29 is 0 Å². The van der Waals surface area contributed by atoms with Gasteiger partial charge in [-0.1, -0.05) is 13.8 Å². The average molecular weight is 235 g/mol. The quantitative estimate of drug-likeness (QED) is 0.609. The number of piperidine rings is 1. The number of rotatable bonds is 3. The van der Waals surface area contributed by atoms with E-state index in [9.17, 15) is 0 Å². The summed E-state index contributed by atoms with van der Waals surface area (Å²) in [5.74, 6) is 7.41. The number of hydrogen-bond acceptors (Lipinski definition) is 5. The lowest BCUT2D eigenvalue weighted by Gasteiger charge is -2.34. The van der Waals surface area contributed by atoms with E-state index in [-0.39, 0.29) is 0 Å². The predicted molar refractivity (Wildman–Crippen MR) is 68.1 cm³/mol. The van der Waals surface area contributed by atoms with Crippen LogP contribution < -0.4 is 11.3 Å². The smallest absolute Gasteiger partial charge is 0.158 e. The number of hydrogen-bond donors (Lipinski definition) is 2. The highest BCUT2D eigenvalue weighted by atomic mass is 15.3. The number of likely N-dealkylation sites (tertiary alicyclic amines) is 1. The molecule has 0 spiro atoms. The molecule has 0 saturated carbocycles. The minimum absolute atomic E-state index is 0.606. The molecule has 1 saturated heterocycles. The van der Waals surface area contributed by atoms with Gasteiger partial charge in [0.05, 0.1) is 18.1 Å². The number of nitrogens with zero attached hydrogens (tertiary/aromatic N) is 3. The number of aromatic nitrogens is 2. The van der Waals surface area contributed by atoms with Gasteiger partial charge in [-0.2, -0.15) is 0 Å². The van der Waals surface area contributed by atoms with Crippen LogP contribution in [0.3, 0.4) is 0 Å². The first-order valence-corrected chi connectivity index (χ1v) is 6.17. The van der Waals surface area contributed by atoms with Gasteiger partial charge in [0.1, 0.15) is 0 Å². The Labute approximate surface area is 102 Å². The molecule has 1 aliphatic rings. The van der Waals surface area contributed by atoms with Gasteiger partial charge in [-0.25, -0.2) is 10.8 Å². The minimum atomic E-state index is 0.606. The Morgan fingerprint density at radius 2 is 2.00 bits per heavy atom. The second-order valence-electron chi connectivity index (χ2n) is 5.18. The molecule has 1 aromatic heterocycles. The summed E-state index contributed by atoms with van der Waals surface area (Å²) in [6, 6.07) is 0. The molecule has 1 aromatic rings. The van der Waals surface area contributed by atoms with Gasteiger partial charge < -0.3 is 5.43 Å². The van der Waals surface area contributed by atoms with Gasteiger partial charge in [0, 0.05) is 19.6 Å². The van der Waals surface area contributed by atoms with Crippen molar-refractivity contribution >= 4 is 5.82 Å². The van der Waals surface area contributed by atoms with Crippen LogP contribution in [0, 0.1) is 11.8 Å². The Morgan fingerprint density at radius 1 is 1.29 bits per heavy atom. The van der Waals surface area contributed by atoms with Crippen LogP contribution in [-0.4, -0.2) is 28.0 Å². The van der Waals surface area contributed by atoms with Gasteiger partial charge in [-0.05, 0) is 18.3 Å². The van der Waals surface area contributed by atoms with E-state index in [0.29, 0.717) is 5.82 Å². The molecule has 2 heterocycles. The molecule has 17 heavy (non-hydrogen) atoms. The fourth-order valence-corrected chi connectivity index (χ4v) is 2.66. The van der Waals surface area contributed by atoms with Gasteiger partial charge >= 0.3 is 0 Å². The maximum Gasteiger partial charge on any atom is 0.158 e. The highest BCUT2D eigenvalue weighted by Crippen LogP contribution is 2.21. The van der Waals surface area contributed by atoms with Crippen molar-refractivity contribution in [1.29, 1.82) is 0 Å². The fourth-order valence-electron chi connectivity index (χ4n) is 2.66. The Kier molecular flexibility index (Phi) is 3.91. The number of anilines is 1. The van der Waals surface area contributed by atoms with E-state index in [0.717, 1.165) is 37.2 Å². The van der Waals surface area contributed by atoms with E-state index < -0.39 is 0 Å². The molecule has 2 unspecified atom stereocenters. The van der Waals surface area contributed by atoms with Gasteiger partial charge in [0.15, 0.2) is 5.82 Å². The van der Waals surface area contributed by atoms with Crippen molar-refractivity contribution in [2.45, 2.75) is 26.8 Å². The second-order valence-corrected chi connectivity index (χ2v) is 5.18. The zero-order chi connectivity index (χ0) is 12.3. The molecule has 0 amide bonds. The van der Waals surface area contributed by atoms with Crippen LogP contribution in [0.4, 0.5) is 5.82 Å². The second kappa shape index (κ2) is 5.42. The van der Waals surface area contributed by atoms with Crippen LogP contribution >= 0.6 is 0 Å². The molecule has 94 valence electrons. The zero-order valence-corrected chi connectivity index (χ0v) is 10.6. The zero-order valence-electron chi connectivity index (χ0n) is 10.6. The van der Waals surface area contributed by atoms with Crippen LogP contribution in [0.5, 0.6) is 0 Å². The first kappa shape index (κ1) is 12.3. The van der Waals surface area contributed by atoms with Gasteiger partial charge in [0.25, 0.3) is 0 Å². The molecular formula is C12H21N5. The molecule has 5 heteroatoms. The van der Waals surface area contributed by atoms with E-state index in [1.807, 2.05) is 0 Å². The van der Waals surface area contributed by atoms with Crippen LogP contribution in [0.25, 0.3) is 0 Å². The molecule has 0 aliphatic carbocycles. The summed E-state index contributed by atoms with van der Waals surface area (Å²) in [6.45, 7) is 7.82. The Bertz CT molecular complexity index is 340. The largest absolute Gasteiger partial charge is 0.307 e. The van der Waals surface area contributed by atoms with Gasteiger partial charge in [-0.15, -0.1) is 0 Å². The maximum absolute atomic E-state index is 5.26. The van der Waals surface area contributed by atoms with Crippen LogP contribution in [-0.2, 0) is 6.54 Å². The summed E-state index contributed by atoms with van der Waals surface area (Å²) in [5, 5.41) is 0. The molecular weight excluding hydrogens is 214 g/mol. The molecule has 0 radical (unpaired) electrons. The van der Waals surface area contributed by atoms with Crippen molar-refractivity contribution in [1.82, 2.24) is 14.9 Å². The standard InChI is InChI=1S/C12H21N5/c1-9-3-10(2)7-17(6-9)8-11-4-15-12(16-13)5-14-11/h4-5,9-10H,3,6-8,13H2,1-2H3,(H,15,16). The number of nitrogens with one attached hydrogen (secondary N) is 1. The third-order valence-corrected chi connectivity index (χ3v) is 3.18. The van der Waals surface area contributed by atoms with Crippen molar-refractivity contribution in [2.75, 3.05) is 18.5 Å². The monoisotopic (exact) mass is 235 g/mol. The van der Waals surface area contributed by atoms with Crippen molar-refractivity contribution in [3.05, 3.63) is 18.1 Å². The van der Waals surface area contributed by atoms with E-state index in [1.165, 1.54) is 6.42 Å². The lowest BCUT2D eigenvalue weighted by Crippen LogP contribution is -2.38. The summed E-state index contributed by atoms with van der Waals surface area (Å²) in [5.41, 5.74) is 3.49. The molecule has 5 nitrogen and oxygen atoms in total. The van der Waals surface area contributed by atoms with Crippen LogP contribution in [0.15, 0.2) is 12.4 Å². The third kappa shape index (κ3) is 3.38. The Morgan fingerprint density at radius 3 is 2.53 bits per heavy atom. The molecule has 0 bridgehead atoms. The number of nitrogens with two attached hydrogens (primary N) is 1. The summed E-state index contributed by atoms with van der Waals surface area (Å²) in [7, 11) is 0. The lowest BCUT2D eigenvalue weighted by molar-refractivity contribution is 0.133. The molecule has 1 fully saturated rings. The number of hydrazine groups is 1. The first-order chi connectivity index (χ1) is 8.17. The summed E-state index contributed by atoms with van der Waals surface area (Å²) in [4.78, 5) is 11.0. The van der Waals surface area contributed by atoms with E-state index in [4.69, 9.17) is 5.84 Å².